The smallest absolute Gasteiger partial charge is 0.365 e. The quantitative estimate of drug-likeness (QED) is 0.363. The number of hydrogen-bond donors (Lipinski definition) is 0. The zero-order valence-electron chi connectivity index (χ0n) is 11.0. The first-order chi connectivity index (χ1) is 9.60. The van der Waals surface area contributed by atoms with E-state index >= 15 is 0 Å². The van der Waals surface area contributed by atoms with E-state index in [-0.39, 0.29) is 12.6 Å². The van der Waals surface area contributed by atoms with Gasteiger partial charge in [-0.25, -0.2) is 4.79 Å². The molecule has 2 rings (SSSR count). The summed E-state index contributed by atoms with van der Waals surface area (Å²) in [6.45, 7) is 0.433. The Balaban J connectivity index is 2.03. The SMILES string of the molecule is O=C(OCc1ccccc1)[C@@H]1CCC[N+]1(CCl)C(=O)[O-]. The van der Waals surface area contributed by atoms with Gasteiger partial charge in [0.25, 0.3) is 6.09 Å². The molecular weight excluding hydrogens is 282 g/mol. The molecule has 1 unspecified atom stereocenters. The van der Waals surface area contributed by atoms with E-state index in [4.69, 9.17) is 16.3 Å². The second kappa shape index (κ2) is 6.24. The molecule has 1 aliphatic rings. The van der Waals surface area contributed by atoms with Gasteiger partial charge in [0.05, 0.1) is 6.54 Å². The fourth-order valence-electron chi connectivity index (χ4n) is 2.52. The Kier molecular flexibility index (Phi) is 4.62. The number of hydrogen-bond acceptors (Lipinski definition) is 4. The number of nitrogens with zero attached hydrogens (tertiary/aromatic N) is 1. The molecular formula is C14H16ClNO4. The van der Waals surface area contributed by atoms with E-state index in [1.807, 2.05) is 30.3 Å². The highest BCUT2D eigenvalue weighted by molar-refractivity contribution is 6.17. The summed E-state index contributed by atoms with van der Waals surface area (Å²) in [6.07, 6.45) is -0.251. The maximum absolute atomic E-state index is 12.1. The average Bonchev–Trinajstić information content (AvgIpc) is 2.91. The van der Waals surface area contributed by atoms with Crippen LogP contribution in [0.3, 0.4) is 0 Å². The van der Waals surface area contributed by atoms with Crippen molar-refractivity contribution in [2.45, 2.75) is 25.5 Å². The Morgan fingerprint density at radius 3 is 2.65 bits per heavy atom. The number of ether oxygens (including phenoxy) is 1. The predicted octanol–water partition coefficient (Wildman–Crippen LogP) is 1.25. The molecule has 1 aliphatic heterocycles. The van der Waals surface area contributed by atoms with Crippen LogP contribution in [0.2, 0.25) is 0 Å². The van der Waals surface area contributed by atoms with Gasteiger partial charge in [-0.15, -0.1) is 0 Å². The number of carbonyl (C=O) groups excluding carboxylic acids is 2. The van der Waals surface area contributed by atoms with E-state index in [2.05, 4.69) is 0 Å². The van der Waals surface area contributed by atoms with Crippen LogP contribution in [0.4, 0.5) is 4.79 Å². The Bertz CT molecular complexity index is 493. The summed E-state index contributed by atoms with van der Waals surface area (Å²) in [6, 6.07) is 8.27. The Morgan fingerprint density at radius 1 is 1.35 bits per heavy atom. The van der Waals surface area contributed by atoms with Gasteiger partial charge >= 0.3 is 5.97 Å². The molecule has 20 heavy (non-hydrogen) atoms. The van der Waals surface area contributed by atoms with Crippen LogP contribution < -0.4 is 5.11 Å². The molecule has 6 heteroatoms. The molecule has 108 valence electrons. The van der Waals surface area contributed by atoms with Gasteiger partial charge in [-0.05, 0) is 5.56 Å². The number of carboxylic acid groups (broad SMARTS) is 1. The summed E-state index contributed by atoms with van der Waals surface area (Å²) in [5.41, 5.74) is 0.858. The molecule has 0 saturated carbocycles. The van der Waals surface area contributed by atoms with E-state index in [9.17, 15) is 14.7 Å². The van der Waals surface area contributed by atoms with Crippen LogP contribution >= 0.6 is 11.6 Å². The number of quaternary nitrogens is 1. The molecule has 2 atom stereocenters. The molecule has 0 radical (unpaired) electrons. The van der Waals surface area contributed by atoms with Crippen molar-refractivity contribution in [2.24, 2.45) is 0 Å². The molecule has 1 saturated heterocycles. The number of rotatable bonds is 4. The third kappa shape index (κ3) is 2.78. The lowest BCUT2D eigenvalue weighted by Gasteiger charge is -2.35. The van der Waals surface area contributed by atoms with Crippen molar-refractivity contribution in [1.82, 2.24) is 0 Å². The minimum atomic E-state index is -1.32. The van der Waals surface area contributed by atoms with Gasteiger partial charge in [0.15, 0.2) is 12.0 Å². The normalized spacial score (nSPS) is 25.4. The predicted molar refractivity (Wildman–Crippen MR) is 70.5 cm³/mol. The third-order valence-electron chi connectivity index (χ3n) is 3.70. The summed E-state index contributed by atoms with van der Waals surface area (Å²) in [5.74, 6) is -0.531. The molecule has 5 nitrogen and oxygen atoms in total. The molecule has 0 aliphatic carbocycles. The Labute approximate surface area is 122 Å². The number of likely N-dealkylation sites (tertiary alicyclic amines) is 1. The van der Waals surface area contributed by atoms with Gasteiger partial charge in [-0.1, -0.05) is 41.9 Å². The van der Waals surface area contributed by atoms with Gasteiger partial charge < -0.3 is 14.6 Å². The lowest BCUT2D eigenvalue weighted by Crippen LogP contribution is -2.63. The fourth-order valence-corrected chi connectivity index (χ4v) is 2.91. The van der Waals surface area contributed by atoms with Crippen LogP contribution in [0, 0.1) is 0 Å². The molecule has 0 bridgehead atoms. The number of amides is 1. The van der Waals surface area contributed by atoms with Gasteiger partial charge in [-0.2, -0.15) is 0 Å². The first-order valence-electron chi connectivity index (χ1n) is 6.45. The maximum Gasteiger partial charge on any atom is 0.365 e. The summed E-state index contributed by atoms with van der Waals surface area (Å²) < 4.78 is 4.67. The highest BCUT2D eigenvalue weighted by atomic mass is 35.5. The molecule has 1 aromatic rings. The molecule has 0 aromatic heterocycles. The number of benzene rings is 1. The van der Waals surface area contributed by atoms with Crippen molar-refractivity contribution in [1.29, 1.82) is 0 Å². The largest absolute Gasteiger partial charge is 0.498 e. The minimum Gasteiger partial charge on any atom is -0.498 e. The van der Waals surface area contributed by atoms with Gasteiger partial charge in [0.2, 0.25) is 0 Å². The van der Waals surface area contributed by atoms with Crippen molar-refractivity contribution in [3.8, 4) is 0 Å². The fraction of sp³-hybridized carbons (Fsp3) is 0.429. The van der Waals surface area contributed by atoms with E-state index in [1.165, 1.54) is 0 Å². The molecule has 0 N–H and O–H groups in total. The van der Waals surface area contributed by atoms with Crippen LogP contribution in [0.5, 0.6) is 0 Å². The van der Waals surface area contributed by atoms with Gasteiger partial charge in [-0.3, -0.25) is 4.48 Å². The maximum atomic E-state index is 12.1. The summed E-state index contributed by atoms with van der Waals surface area (Å²) in [5, 5.41) is 11.3. The van der Waals surface area contributed by atoms with Crippen LogP contribution in [0.1, 0.15) is 18.4 Å². The standard InChI is InChI=1S/C14H16ClNO4/c15-10-16(14(18)19)8-4-7-12(16)13(17)20-9-11-5-2-1-3-6-11/h1-3,5-6,12H,4,7-10H2/t12-,16?/m0/s1. The topological polar surface area (TPSA) is 66.4 Å². The van der Waals surface area contributed by atoms with Crippen molar-refractivity contribution < 1.29 is 23.9 Å². The highest BCUT2D eigenvalue weighted by Crippen LogP contribution is 2.28. The lowest BCUT2D eigenvalue weighted by atomic mass is 10.2. The lowest BCUT2D eigenvalue weighted by molar-refractivity contribution is -0.869. The minimum absolute atomic E-state index is 0.130. The monoisotopic (exact) mass is 297 g/mol. The van der Waals surface area contributed by atoms with Crippen LogP contribution in [-0.4, -0.2) is 35.1 Å². The van der Waals surface area contributed by atoms with Gasteiger partial charge in [0.1, 0.15) is 6.61 Å². The van der Waals surface area contributed by atoms with Crippen LogP contribution in [0.15, 0.2) is 30.3 Å². The number of alkyl halides is 1. The summed E-state index contributed by atoms with van der Waals surface area (Å²) >= 11 is 5.76. The summed E-state index contributed by atoms with van der Waals surface area (Å²) in [7, 11) is 0. The third-order valence-corrected chi connectivity index (χ3v) is 4.13. The molecule has 0 spiro atoms. The Hall–Kier alpha value is -1.59. The molecule has 1 fully saturated rings. The number of esters is 1. The zero-order valence-corrected chi connectivity index (χ0v) is 11.7. The average molecular weight is 298 g/mol. The van der Waals surface area contributed by atoms with E-state index < -0.39 is 22.6 Å². The van der Waals surface area contributed by atoms with Crippen molar-refractivity contribution in [3.05, 3.63) is 35.9 Å². The Morgan fingerprint density at radius 2 is 2.05 bits per heavy atom. The number of carbonyl (C=O) groups is 2. The van der Waals surface area contributed by atoms with Crippen LogP contribution in [-0.2, 0) is 16.1 Å². The highest BCUT2D eigenvalue weighted by Gasteiger charge is 2.48. The van der Waals surface area contributed by atoms with Crippen molar-refractivity contribution >= 4 is 23.7 Å². The zero-order chi connectivity index (χ0) is 14.6. The van der Waals surface area contributed by atoms with E-state index in [0.717, 1.165) is 5.56 Å². The van der Waals surface area contributed by atoms with E-state index in [1.54, 1.807) is 0 Å². The second-order valence-electron chi connectivity index (χ2n) is 4.89. The van der Waals surface area contributed by atoms with Crippen LogP contribution in [0.25, 0.3) is 0 Å². The second-order valence-corrected chi connectivity index (χ2v) is 5.13. The first-order valence-corrected chi connectivity index (χ1v) is 6.98. The van der Waals surface area contributed by atoms with Crippen molar-refractivity contribution in [3.63, 3.8) is 0 Å². The molecule has 1 amide bonds. The first kappa shape index (κ1) is 14.8. The molecule has 1 heterocycles. The van der Waals surface area contributed by atoms with E-state index in [0.29, 0.717) is 19.4 Å². The van der Waals surface area contributed by atoms with Crippen molar-refractivity contribution in [2.75, 3.05) is 12.5 Å². The summed E-state index contributed by atoms with van der Waals surface area (Å²) in [4.78, 5) is 23.4. The number of halogens is 1. The molecule has 1 aromatic carbocycles. The van der Waals surface area contributed by atoms with Gasteiger partial charge in [0, 0.05) is 12.8 Å².